The van der Waals surface area contributed by atoms with Gasteiger partial charge in [0.15, 0.2) is 0 Å². The summed E-state index contributed by atoms with van der Waals surface area (Å²) in [6.45, 7) is 0. The SMILES string of the molecule is c1ccc(-c2ccnc(-c3cccc(C4CCCC4)c3)c2)cc1. The lowest BCUT2D eigenvalue weighted by Gasteiger charge is -2.11. The van der Waals surface area contributed by atoms with Crippen LogP contribution in [-0.2, 0) is 0 Å². The molecule has 0 bridgehead atoms. The fourth-order valence-electron chi connectivity index (χ4n) is 3.61. The van der Waals surface area contributed by atoms with E-state index < -0.39 is 0 Å². The molecule has 1 aliphatic rings. The van der Waals surface area contributed by atoms with E-state index in [1.807, 2.05) is 6.20 Å². The van der Waals surface area contributed by atoms with Crippen molar-refractivity contribution in [3.8, 4) is 22.4 Å². The minimum Gasteiger partial charge on any atom is -0.256 e. The predicted molar refractivity (Wildman–Crippen MR) is 96.3 cm³/mol. The maximum Gasteiger partial charge on any atom is 0.0708 e. The molecule has 0 aliphatic heterocycles. The van der Waals surface area contributed by atoms with Crippen LogP contribution in [0, 0.1) is 0 Å². The first kappa shape index (κ1) is 14.2. The van der Waals surface area contributed by atoms with Gasteiger partial charge in [0.1, 0.15) is 0 Å². The zero-order chi connectivity index (χ0) is 15.5. The van der Waals surface area contributed by atoms with Gasteiger partial charge in [-0.3, -0.25) is 4.98 Å². The van der Waals surface area contributed by atoms with Gasteiger partial charge in [0.25, 0.3) is 0 Å². The number of nitrogens with zero attached hydrogens (tertiary/aromatic N) is 1. The molecule has 1 fully saturated rings. The van der Waals surface area contributed by atoms with Gasteiger partial charge in [-0.15, -0.1) is 0 Å². The zero-order valence-corrected chi connectivity index (χ0v) is 13.3. The molecule has 0 spiro atoms. The molecule has 1 aromatic heterocycles. The Hall–Kier alpha value is -2.41. The van der Waals surface area contributed by atoms with E-state index in [9.17, 15) is 0 Å². The summed E-state index contributed by atoms with van der Waals surface area (Å²) in [4.78, 5) is 4.60. The van der Waals surface area contributed by atoms with Crippen molar-refractivity contribution in [1.29, 1.82) is 0 Å². The second-order valence-electron chi connectivity index (χ2n) is 6.40. The molecular weight excluding hydrogens is 278 g/mol. The van der Waals surface area contributed by atoms with Crippen molar-refractivity contribution in [2.24, 2.45) is 0 Å². The number of hydrogen-bond acceptors (Lipinski definition) is 1. The molecule has 1 aliphatic carbocycles. The lowest BCUT2D eigenvalue weighted by atomic mass is 9.94. The van der Waals surface area contributed by atoms with Crippen LogP contribution in [0.2, 0.25) is 0 Å². The number of benzene rings is 2. The van der Waals surface area contributed by atoms with E-state index >= 15 is 0 Å². The minimum absolute atomic E-state index is 0.743. The third kappa shape index (κ3) is 3.05. The van der Waals surface area contributed by atoms with Crippen molar-refractivity contribution in [3.05, 3.63) is 78.5 Å². The van der Waals surface area contributed by atoms with Gasteiger partial charge in [0.2, 0.25) is 0 Å². The molecule has 2 aromatic carbocycles. The fourth-order valence-corrected chi connectivity index (χ4v) is 3.61. The summed E-state index contributed by atoms with van der Waals surface area (Å²) in [5.41, 5.74) is 6.23. The molecule has 0 unspecified atom stereocenters. The fraction of sp³-hybridized carbons (Fsp3) is 0.227. The average molecular weight is 299 g/mol. The van der Waals surface area contributed by atoms with Crippen LogP contribution >= 0.6 is 0 Å². The number of aromatic nitrogens is 1. The Morgan fingerprint density at radius 2 is 1.48 bits per heavy atom. The average Bonchev–Trinajstić information content (AvgIpc) is 3.18. The van der Waals surface area contributed by atoms with E-state index in [0.29, 0.717) is 0 Å². The zero-order valence-electron chi connectivity index (χ0n) is 13.3. The molecule has 1 saturated carbocycles. The highest BCUT2D eigenvalue weighted by molar-refractivity contribution is 5.70. The predicted octanol–water partition coefficient (Wildman–Crippen LogP) is 6.07. The van der Waals surface area contributed by atoms with E-state index in [1.165, 1.54) is 47.9 Å². The van der Waals surface area contributed by atoms with Crippen molar-refractivity contribution >= 4 is 0 Å². The third-order valence-corrected chi connectivity index (χ3v) is 4.88. The molecule has 114 valence electrons. The van der Waals surface area contributed by atoms with Gasteiger partial charge in [-0.1, -0.05) is 61.4 Å². The standard InChI is InChI=1S/C22H21N/c1-2-7-18(8-3-1)20-13-14-23-22(16-20)21-12-6-11-19(15-21)17-9-4-5-10-17/h1-3,6-8,11-17H,4-5,9-10H2. The van der Waals surface area contributed by atoms with Gasteiger partial charge < -0.3 is 0 Å². The molecule has 1 heterocycles. The lowest BCUT2D eigenvalue weighted by molar-refractivity contribution is 0.723. The molecule has 0 atom stereocenters. The summed E-state index contributed by atoms with van der Waals surface area (Å²) < 4.78 is 0. The van der Waals surface area contributed by atoms with Crippen LogP contribution in [0.15, 0.2) is 72.9 Å². The first-order valence-corrected chi connectivity index (χ1v) is 8.52. The van der Waals surface area contributed by atoms with Crippen molar-refractivity contribution in [2.75, 3.05) is 0 Å². The second-order valence-corrected chi connectivity index (χ2v) is 6.40. The summed E-state index contributed by atoms with van der Waals surface area (Å²) in [5, 5.41) is 0. The van der Waals surface area contributed by atoms with Crippen molar-refractivity contribution in [3.63, 3.8) is 0 Å². The summed E-state index contributed by atoms with van der Waals surface area (Å²) >= 11 is 0. The Kier molecular flexibility index (Phi) is 3.94. The number of pyridine rings is 1. The molecule has 4 rings (SSSR count). The number of hydrogen-bond donors (Lipinski definition) is 0. The van der Waals surface area contributed by atoms with Crippen LogP contribution < -0.4 is 0 Å². The molecule has 0 N–H and O–H groups in total. The van der Waals surface area contributed by atoms with Crippen LogP contribution in [0.25, 0.3) is 22.4 Å². The summed E-state index contributed by atoms with van der Waals surface area (Å²) in [6.07, 6.45) is 7.33. The van der Waals surface area contributed by atoms with Crippen LogP contribution in [0.3, 0.4) is 0 Å². The molecule has 0 amide bonds. The van der Waals surface area contributed by atoms with Crippen LogP contribution in [-0.4, -0.2) is 4.98 Å². The Labute approximate surface area is 138 Å². The molecule has 1 nitrogen and oxygen atoms in total. The second kappa shape index (κ2) is 6.37. The first-order valence-electron chi connectivity index (χ1n) is 8.52. The topological polar surface area (TPSA) is 12.9 Å². The van der Waals surface area contributed by atoms with Crippen LogP contribution in [0.5, 0.6) is 0 Å². The highest BCUT2D eigenvalue weighted by Gasteiger charge is 2.17. The largest absolute Gasteiger partial charge is 0.256 e. The Balaban J connectivity index is 1.69. The highest BCUT2D eigenvalue weighted by Crippen LogP contribution is 2.35. The van der Waals surface area contributed by atoms with Gasteiger partial charge in [-0.2, -0.15) is 0 Å². The number of rotatable bonds is 3. The Bertz CT molecular complexity index is 786. The van der Waals surface area contributed by atoms with Gasteiger partial charge in [-0.25, -0.2) is 0 Å². The van der Waals surface area contributed by atoms with Gasteiger partial charge >= 0.3 is 0 Å². The lowest BCUT2D eigenvalue weighted by Crippen LogP contribution is -1.93. The smallest absolute Gasteiger partial charge is 0.0708 e. The van der Waals surface area contributed by atoms with E-state index in [0.717, 1.165) is 11.6 Å². The van der Waals surface area contributed by atoms with Crippen LogP contribution in [0.1, 0.15) is 37.2 Å². The molecule has 3 aromatic rings. The monoisotopic (exact) mass is 299 g/mol. The van der Waals surface area contributed by atoms with Gasteiger partial charge in [0, 0.05) is 11.8 Å². The summed E-state index contributed by atoms with van der Waals surface area (Å²) in [6, 6.07) is 23.8. The molecule has 0 saturated heterocycles. The normalized spacial score (nSPS) is 15.0. The van der Waals surface area contributed by atoms with Gasteiger partial charge in [0.05, 0.1) is 5.69 Å². The summed E-state index contributed by atoms with van der Waals surface area (Å²) in [7, 11) is 0. The van der Waals surface area contributed by atoms with Crippen molar-refractivity contribution in [1.82, 2.24) is 4.98 Å². The van der Waals surface area contributed by atoms with Crippen molar-refractivity contribution in [2.45, 2.75) is 31.6 Å². The quantitative estimate of drug-likeness (QED) is 0.571. The molecule has 0 radical (unpaired) electrons. The maximum absolute atomic E-state index is 4.60. The van der Waals surface area contributed by atoms with E-state index in [1.54, 1.807) is 0 Å². The maximum atomic E-state index is 4.60. The van der Waals surface area contributed by atoms with Crippen molar-refractivity contribution < 1.29 is 0 Å². The Morgan fingerprint density at radius 1 is 0.696 bits per heavy atom. The third-order valence-electron chi connectivity index (χ3n) is 4.88. The minimum atomic E-state index is 0.743. The Morgan fingerprint density at radius 3 is 2.30 bits per heavy atom. The molecule has 23 heavy (non-hydrogen) atoms. The highest BCUT2D eigenvalue weighted by atomic mass is 14.7. The van der Waals surface area contributed by atoms with E-state index in [2.05, 4.69) is 71.7 Å². The first-order chi connectivity index (χ1) is 11.4. The molecular formula is C22H21N. The summed E-state index contributed by atoms with van der Waals surface area (Å²) in [5.74, 6) is 0.743. The van der Waals surface area contributed by atoms with E-state index in [-0.39, 0.29) is 0 Å². The van der Waals surface area contributed by atoms with E-state index in [4.69, 9.17) is 0 Å². The van der Waals surface area contributed by atoms with Crippen LogP contribution in [0.4, 0.5) is 0 Å². The van der Waals surface area contributed by atoms with Gasteiger partial charge in [-0.05, 0) is 53.6 Å². The molecule has 1 heteroatoms.